The van der Waals surface area contributed by atoms with Crippen molar-refractivity contribution >= 4 is 12.2 Å². The lowest BCUT2D eigenvalue weighted by atomic mass is 10.1. The van der Waals surface area contributed by atoms with Crippen LogP contribution in [0.15, 0.2) is 70.6 Å². The molecule has 0 aliphatic rings. The summed E-state index contributed by atoms with van der Waals surface area (Å²) < 4.78 is 13.5. The Kier molecular flexibility index (Phi) is 4.24. The van der Waals surface area contributed by atoms with Gasteiger partial charge in [0, 0.05) is 17.2 Å². The molecule has 0 bridgehead atoms. The van der Waals surface area contributed by atoms with Gasteiger partial charge in [0.2, 0.25) is 5.95 Å². The van der Waals surface area contributed by atoms with Crippen LogP contribution in [0.5, 0.6) is 0 Å². The third-order valence-electron chi connectivity index (χ3n) is 3.09. The molecule has 0 fully saturated rings. The number of hydrogen-bond acceptors (Lipinski definition) is 4. The van der Waals surface area contributed by atoms with E-state index in [0.29, 0.717) is 11.3 Å². The molecular formula is C17H13FN4O. The fourth-order valence-corrected chi connectivity index (χ4v) is 2.01. The average Bonchev–Trinajstić information content (AvgIpc) is 2.57. The van der Waals surface area contributed by atoms with Crippen LogP contribution in [0.4, 0.5) is 10.3 Å². The summed E-state index contributed by atoms with van der Waals surface area (Å²) in [6, 6.07) is 17.0. The van der Waals surface area contributed by atoms with E-state index in [9.17, 15) is 9.18 Å². The molecule has 0 aliphatic heterocycles. The monoisotopic (exact) mass is 308 g/mol. The van der Waals surface area contributed by atoms with Gasteiger partial charge >= 0.3 is 0 Å². The molecule has 0 saturated heterocycles. The Bertz CT molecular complexity index is 890. The van der Waals surface area contributed by atoms with Crippen molar-refractivity contribution in [3.63, 3.8) is 0 Å². The van der Waals surface area contributed by atoms with E-state index in [1.165, 1.54) is 18.3 Å². The highest BCUT2D eigenvalue weighted by atomic mass is 19.1. The van der Waals surface area contributed by atoms with Crippen LogP contribution in [-0.2, 0) is 0 Å². The second-order valence-corrected chi connectivity index (χ2v) is 4.74. The lowest BCUT2D eigenvalue weighted by Crippen LogP contribution is -2.10. The van der Waals surface area contributed by atoms with E-state index in [1.807, 2.05) is 30.3 Å². The zero-order chi connectivity index (χ0) is 16.1. The Balaban J connectivity index is 1.83. The van der Waals surface area contributed by atoms with Gasteiger partial charge in [0.1, 0.15) is 5.82 Å². The first-order chi connectivity index (χ1) is 11.2. The molecule has 1 aromatic heterocycles. The molecule has 1 heterocycles. The summed E-state index contributed by atoms with van der Waals surface area (Å²) in [4.78, 5) is 18.5. The molecular weight excluding hydrogens is 295 g/mol. The third kappa shape index (κ3) is 3.68. The topological polar surface area (TPSA) is 70.1 Å². The van der Waals surface area contributed by atoms with Crippen molar-refractivity contribution in [3.05, 3.63) is 82.4 Å². The Morgan fingerprint density at radius 1 is 1.09 bits per heavy atom. The fraction of sp³-hybridized carbons (Fsp3) is 0. The summed E-state index contributed by atoms with van der Waals surface area (Å²) in [7, 11) is 0. The van der Waals surface area contributed by atoms with Gasteiger partial charge in [-0.25, -0.2) is 14.8 Å². The number of aromatic nitrogens is 2. The third-order valence-corrected chi connectivity index (χ3v) is 3.09. The van der Waals surface area contributed by atoms with Crippen molar-refractivity contribution in [1.82, 2.24) is 9.97 Å². The van der Waals surface area contributed by atoms with E-state index in [4.69, 9.17) is 0 Å². The van der Waals surface area contributed by atoms with Gasteiger partial charge in [0.05, 0.1) is 11.9 Å². The minimum Gasteiger partial charge on any atom is -0.291 e. The minimum absolute atomic E-state index is 0.184. The first kappa shape index (κ1) is 14.6. The summed E-state index contributed by atoms with van der Waals surface area (Å²) in [5, 5.41) is 3.90. The molecule has 23 heavy (non-hydrogen) atoms. The number of benzene rings is 2. The first-order valence-corrected chi connectivity index (χ1v) is 6.93. The van der Waals surface area contributed by atoms with Gasteiger partial charge < -0.3 is 0 Å². The van der Waals surface area contributed by atoms with Gasteiger partial charge in [0.15, 0.2) is 0 Å². The Morgan fingerprint density at radius 3 is 2.61 bits per heavy atom. The minimum atomic E-state index is -0.377. The number of rotatable bonds is 4. The van der Waals surface area contributed by atoms with E-state index in [0.717, 1.165) is 5.56 Å². The van der Waals surface area contributed by atoms with Crippen LogP contribution in [0.1, 0.15) is 5.56 Å². The molecule has 0 aliphatic carbocycles. The molecule has 5 nitrogen and oxygen atoms in total. The number of nitrogens with one attached hydrogen (secondary N) is 2. The van der Waals surface area contributed by atoms with E-state index in [1.54, 1.807) is 18.2 Å². The summed E-state index contributed by atoms with van der Waals surface area (Å²) in [5.41, 5.74) is 3.98. The molecule has 114 valence electrons. The number of nitrogens with zero attached hydrogens (tertiary/aromatic N) is 2. The van der Waals surface area contributed by atoms with Gasteiger partial charge in [0.25, 0.3) is 5.56 Å². The maximum absolute atomic E-state index is 13.5. The molecule has 0 atom stereocenters. The predicted molar refractivity (Wildman–Crippen MR) is 87.9 cm³/mol. The highest BCUT2D eigenvalue weighted by molar-refractivity contribution is 5.80. The maximum Gasteiger partial charge on any atom is 0.252 e. The van der Waals surface area contributed by atoms with Crippen molar-refractivity contribution in [2.45, 2.75) is 0 Å². The summed E-state index contributed by atoms with van der Waals surface area (Å²) in [6.45, 7) is 0. The molecule has 0 radical (unpaired) electrons. The second kappa shape index (κ2) is 6.65. The Labute approximate surface area is 131 Å². The van der Waals surface area contributed by atoms with Gasteiger partial charge in [-0.15, -0.1) is 0 Å². The molecule has 0 unspecified atom stereocenters. The SMILES string of the molecule is O=c1cc(-c2ccccc2)nc(NN=Cc2ccccc2F)[nH]1. The van der Waals surface area contributed by atoms with E-state index < -0.39 is 0 Å². The zero-order valence-electron chi connectivity index (χ0n) is 12.0. The molecule has 0 spiro atoms. The van der Waals surface area contributed by atoms with Crippen LogP contribution >= 0.6 is 0 Å². The van der Waals surface area contributed by atoms with Crippen LogP contribution in [0.2, 0.25) is 0 Å². The highest BCUT2D eigenvalue weighted by Gasteiger charge is 2.03. The number of aromatic amines is 1. The predicted octanol–water partition coefficient (Wildman–Crippen LogP) is 3.02. The summed E-state index contributed by atoms with van der Waals surface area (Å²) >= 11 is 0. The summed E-state index contributed by atoms with van der Waals surface area (Å²) in [5.74, 6) is -0.193. The number of H-pyrrole nitrogens is 1. The van der Waals surface area contributed by atoms with Crippen molar-refractivity contribution < 1.29 is 4.39 Å². The molecule has 0 amide bonds. The standard InChI is InChI=1S/C17H13FN4O/c18-14-9-5-4-8-13(14)11-19-22-17-20-15(10-16(23)21-17)12-6-2-1-3-7-12/h1-11H,(H2,20,21,22,23). The lowest BCUT2D eigenvalue weighted by Gasteiger charge is -2.03. The van der Waals surface area contributed by atoms with Gasteiger partial charge in [-0.3, -0.25) is 9.78 Å². The number of halogens is 1. The van der Waals surface area contributed by atoms with Crippen molar-refractivity contribution in [3.8, 4) is 11.3 Å². The van der Waals surface area contributed by atoms with Crippen molar-refractivity contribution in [2.75, 3.05) is 5.43 Å². The molecule has 0 saturated carbocycles. The highest BCUT2D eigenvalue weighted by Crippen LogP contribution is 2.15. The van der Waals surface area contributed by atoms with Crippen LogP contribution < -0.4 is 11.0 Å². The summed E-state index contributed by atoms with van der Waals surface area (Å²) in [6.07, 6.45) is 1.32. The smallest absolute Gasteiger partial charge is 0.252 e. The second-order valence-electron chi connectivity index (χ2n) is 4.74. The lowest BCUT2D eigenvalue weighted by molar-refractivity contribution is 0.626. The fourth-order valence-electron chi connectivity index (χ4n) is 2.01. The van der Waals surface area contributed by atoms with Gasteiger partial charge in [-0.1, -0.05) is 48.5 Å². The van der Waals surface area contributed by atoms with Crippen LogP contribution in [0.25, 0.3) is 11.3 Å². The largest absolute Gasteiger partial charge is 0.291 e. The van der Waals surface area contributed by atoms with E-state index in [2.05, 4.69) is 20.5 Å². The van der Waals surface area contributed by atoms with Crippen molar-refractivity contribution in [1.29, 1.82) is 0 Å². The molecule has 2 aromatic carbocycles. The molecule has 2 N–H and O–H groups in total. The normalized spacial score (nSPS) is 10.8. The van der Waals surface area contributed by atoms with Crippen LogP contribution in [-0.4, -0.2) is 16.2 Å². The maximum atomic E-state index is 13.5. The van der Waals surface area contributed by atoms with Crippen LogP contribution in [0, 0.1) is 5.82 Å². The zero-order valence-corrected chi connectivity index (χ0v) is 12.0. The van der Waals surface area contributed by atoms with E-state index in [-0.39, 0.29) is 17.3 Å². The van der Waals surface area contributed by atoms with Gasteiger partial charge in [-0.05, 0) is 6.07 Å². The molecule has 3 rings (SSSR count). The Hall–Kier alpha value is -3.28. The average molecular weight is 308 g/mol. The van der Waals surface area contributed by atoms with Crippen molar-refractivity contribution in [2.24, 2.45) is 5.10 Å². The van der Waals surface area contributed by atoms with E-state index >= 15 is 0 Å². The Morgan fingerprint density at radius 2 is 1.83 bits per heavy atom. The molecule has 6 heteroatoms. The van der Waals surface area contributed by atoms with Gasteiger partial charge in [-0.2, -0.15) is 5.10 Å². The van der Waals surface area contributed by atoms with Crippen LogP contribution in [0.3, 0.4) is 0 Å². The first-order valence-electron chi connectivity index (χ1n) is 6.93. The quantitative estimate of drug-likeness (QED) is 0.575. The number of anilines is 1. The number of hydrogen-bond donors (Lipinski definition) is 2. The number of hydrazone groups is 1. The molecule has 3 aromatic rings.